The van der Waals surface area contributed by atoms with Crippen LogP contribution in [0.5, 0.6) is 0 Å². The van der Waals surface area contributed by atoms with Crippen LogP contribution < -0.4 is 10.2 Å². The summed E-state index contributed by atoms with van der Waals surface area (Å²) in [5.41, 5.74) is 1.89. The number of ether oxygens (including phenoxy) is 1. The van der Waals surface area contributed by atoms with E-state index >= 15 is 0 Å². The molecule has 1 saturated heterocycles. The monoisotopic (exact) mass is 412 g/mol. The van der Waals surface area contributed by atoms with Crippen molar-refractivity contribution < 1.29 is 23.5 Å². The fraction of sp³-hybridized carbons (Fsp3) is 0.348. The van der Waals surface area contributed by atoms with Crippen LogP contribution in [0, 0.1) is 11.7 Å². The number of anilines is 2. The number of carbonyl (C=O) groups excluding carboxylic acids is 3. The molecule has 6 nitrogen and oxygen atoms in total. The van der Waals surface area contributed by atoms with E-state index in [9.17, 15) is 18.8 Å². The van der Waals surface area contributed by atoms with Crippen molar-refractivity contribution >= 4 is 29.2 Å². The van der Waals surface area contributed by atoms with Crippen LogP contribution in [-0.2, 0) is 19.1 Å². The number of benzene rings is 2. The van der Waals surface area contributed by atoms with E-state index in [1.807, 2.05) is 24.3 Å². The van der Waals surface area contributed by atoms with Crippen LogP contribution in [0.25, 0.3) is 0 Å². The van der Waals surface area contributed by atoms with Gasteiger partial charge in [-0.05, 0) is 36.1 Å². The van der Waals surface area contributed by atoms with Crippen LogP contribution in [0.1, 0.15) is 38.2 Å². The second-order valence-corrected chi connectivity index (χ2v) is 7.41. The minimum atomic E-state index is -0.649. The van der Waals surface area contributed by atoms with Crippen LogP contribution in [0.2, 0.25) is 0 Å². The summed E-state index contributed by atoms with van der Waals surface area (Å²) >= 11 is 0. The highest BCUT2D eigenvalue weighted by atomic mass is 19.1. The Morgan fingerprint density at radius 1 is 1.20 bits per heavy atom. The summed E-state index contributed by atoms with van der Waals surface area (Å²) < 4.78 is 18.7. The maximum absolute atomic E-state index is 13.6. The Hall–Kier alpha value is -3.22. The predicted molar refractivity (Wildman–Crippen MR) is 112 cm³/mol. The Labute approximate surface area is 175 Å². The molecule has 0 bridgehead atoms. The summed E-state index contributed by atoms with van der Waals surface area (Å²) in [6.07, 6.45) is 0.963. The molecule has 158 valence electrons. The van der Waals surface area contributed by atoms with E-state index in [1.165, 1.54) is 18.2 Å². The van der Waals surface area contributed by atoms with Crippen molar-refractivity contribution in [3.8, 4) is 0 Å². The first kappa shape index (κ1) is 21.5. The van der Waals surface area contributed by atoms with E-state index in [2.05, 4.69) is 19.2 Å². The first-order chi connectivity index (χ1) is 14.4. The number of para-hydroxylation sites is 2. The molecule has 0 radical (unpaired) electrons. The second-order valence-electron chi connectivity index (χ2n) is 7.41. The van der Waals surface area contributed by atoms with Crippen molar-refractivity contribution in [2.75, 3.05) is 23.4 Å². The number of nitrogens with one attached hydrogen (secondary N) is 1. The molecule has 3 rings (SSSR count). The van der Waals surface area contributed by atoms with Crippen molar-refractivity contribution in [2.45, 2.75) is 32.6 Å². The standard InChI is InChI=1S/C23H25FN2O4/c1-3-15(2)17-8-4-7-11-20(17)26-13-16(12-22(26)28)23(29)30-14-21(27)25-19-10-6-5-9-18(19)24/h4-11,15-16H,3,12-14H2,1-2H3,(H,25,27)/t15-,16+/m0/s1. The molecule has 2 amide bonds. The lowest BCUT2D eigenvalue weighted by Gasteiger charge is -2.23. The number of amides is 2. The fourth-order valence-corrected chi connectivity index (χ4v) is 3.47. The average molecular weight is 412 g/mol. The van der Waals surface area contributed by atoms with Crippen LogP contribution in [0.3, 0.4) is 0 Å². The molecule has 1 fully saturated rings. The van der Waals surface area contributed by atoms with Crippen molar-refractivity contribution in [1.82, 2.24) is 0 Å². The van der Waals surface area contributed by atoms with Gasteiger partial charge in [0.15, 0.2) is 6.61 Å². The number of carbonyl (C=O) groups is 3. The molecular weight excluding hydrogens is 387 g/mol. The fourth-order valence-electron chi connectivity index (χ4n) is 3.47. The van der Waals surface area contributed by atoms with E-state index in [-0.39, 0.29) is 30.5 Å². The zero-order valence-corrected chi connectivity index (χ0v) is 17.1. The molecule has 2 atom stereocenters. The van der Waals surface area contributed by atoms with Crippen molar-refractivity contribution in [3.63, 3.8) is 0 Å². The third-order valence-corrected chi connectivity index (χ3v) is 5.32. The van der Waals surface area contributed by atoms with Crippen molar-refractivity contribution in [1.29, 1.82) is 0 Å². The smallest absolute Gasteiger partial charge is 0.311 e. The molecule has 1 aliphatic rings. The van der Waals surface area contributed by atoms with Crippen LogP contribution in [0.15, 0.2) is 48.5 Å². The van der Waals surface area contributed by atoms with Crippen molar-refractivity contribution in [2.24, 2.45) is 5.92 Å². The molecule has 0 saturated carbocycles. The molecule has 1 aliphatic heterocycles. The third-order valence-electron chi connectivity index (χ3n) is 5.32. The molecule has 2 aromatic carbocycles. The maximum Gasteiger partial charge on any atom is 0.311 e. The quantitative estimate of drug-likeness (QED) is 0.701. The molecule has 0 spiro atoms. The van der Waals surface area contributed by atoms with Gasteiger partial charge in [-0.3, -0.25) is 14.4 Å². The molecule has 1 heterocycles. The highest BCUT2D eigenvalue weighted by Gasteiger charge is 2.37. The average Bonchev–Trinajstić information content (AvgIpc) is 3.14. The molecule has 0 aromatic heterocycles. The summed E-state index contributed by atoms with van der Waals surface area (Å²) in [7, 11) is 0. The molecule has 7 heteroatoms. The highest BCUT2D eigenvalue weighted by molar-refractivity contribution is 6.00. The van der Waals surface area contributed by atoms with Gasteiger partial charge in [0, 0.05) is 18.7 Å². The van der Waals surface area contributed by atoms with E-state index < -0.39 is 30.2 Å². The lowest BCUT2D eigenvalue weighted by molar-refractivity contribution is -0.151. The molecule has 1 N–H and O–H groups in total. The van der Waals surface area contributed by atoms with Gasteiger partial charge in [0.2, 0.25) is 5.91 Å². The SMILES string of the molecule is CC[C@H](C)c1ccccc1N1C[C@H](C(=O)OCC(=O)Nc2ccccc2F)CC1=O. The number of esters is 1. The minimum Gasteiger partial charge on any atom is -0.455 e. The zero-order valence-electron chi connectivity index (χ0n) is 17.1. The summed E-state index contributed by atoms with van der Waals surface area (Å²) in [5, 5.41) is 2.36. The van der Waals surface area contributed by atoms with E-state index in [4.69, 9.17) is 4.74 Å². The van der Waals surface area contributed by atoms with Crippen LogP contribution >= 0.6 is 0 Å². The lowest BCUT2D eigenvalue weighted by Crippen LogP contribution is -2.29. The number of hydrogen-bond acceptors (Lipinski definition) is 4. The molecule has 0 aliphatic carbocycles. The van der Waals surface area contributed by atoms with Gasteiger partial charge in [-0.25, -0.2) is 4.39 Å². The minimum absolute atomic E-state index is 0.0161. The van der Waals surface area contributed by atoms with E-state index in [0.29, 0.717) is 0 Å². The number of rotatable bonds is 7. The maximum atomic E-state index is 13.6. The lowest BCUT2D eigenvalue weighted by atomic mass is 9.96. The molecule has 2 aromatic rings. The number of nitrogens with zero attached hydrogens (tertiary/aromatic N) is 1. The molecular formula is C23H25FN2O4. The van der Waals surface area contributed by atoms with Crippen LogP contribution in [-0.4, -0.2) is 30.9 Å². The summed E-state index contributed by atoms with van der Waals surface area (Å²) in [6.45, 7) is 3.85. The van der Waals surface area contributed by atoms with Gasteiger partial charge in [-0.15, -0.1) is 0 Å². The van der Waals surface area contributed by atoms with E-state index in [1.54, 1.807) is 11.0 Å². The van der Waals surface area contributed by atoms with Gasteiger partial charge in [0.1, 0.15) is 5.82 Å². The zero-order chi connectivity index (χ0) is 21.7. The third kappa shape index (κ3) is 4.84. The van der Waals surface area contributed by atoms with Gasteiger partial charge in [0.25, 0.3) is 5.91 Å². The second kappa shape index (κ2) is 9.52. The van der Waals surface area contributed by atoms with E-state index in [0.717, 1.165) is 17.7 Å². The topological polar surface area (TPSA) is 75.7 Å². The normalized spacial score (nSPS) is 17.0. The Bertz CT molecular complexity index is 946. The Kier molecular flexibility index (Phi) is 6.82. The summed E-state index contributed by atoms with van der Waals surface area (Å²) in [6, 6.07) is 13.4. The van der Waals surface area contributed by atoms with Gasteiger partial charge >= 0.3 is 5.97 Å². The van der Waals surface area contributed by atoms with Gasteiger partial charge in [-0.1, -0.05) is 44.2 Å². The first-order valence-corrected chi connectivity index (χ1v) is 10.0. The number of halogens is 1. The van der Waals surface area contributed by atoms with Gasteiger partial charge in [-0.2, -0.15) is 0 Å². The predicted octanol–water partition coefficient (Wildman–Crippen LogP) is 3.87. The molecule has 30 heavy (non-hydrogen) atoms. The van der Waals surface area contributed by atoms with Gasteiger partial charge < -0.3 is 15.0 Å². The van der Waals surface area contributed by atoms with Gasteiger partial charge in [0.05, 0.1) is 11.6 Å². The molecule has 0 unspecified atom stereocenters. The Morgan fingerprint density at radius 3 is 2.63 bits per heavy atom. The van der Waals surface area contributed by atoms with Crippen LogP contribution in [0.4, 0.5) is 15.8 Å². The number of hydrogen-bond donors (Lipinski definition) is 1. The Morgan fingerprint density at radius 2 is 1.90 bits per heavy atom. The van der Waals surface area contributed by atoms with Crippen molar-refractivity contribution in [3.05, 3.63) is 59.9 Å². The summed E-state index contributed by atoms with van der Waals surface area (Å²) in [5.74, 6) is -2.35. The largest absolute Gasteiger partial charge is 0.455 e. The first-order valence-electron chi connectivity index (χ1n) is 10.0. The highest BCUT2D eigenvalue weighted by Crippen LogP contribution is 2.33. The summed E-state index contributed by atoms with van der Waals surface area (Å²) in [4.78, 5) is 38.6. The Balaban J connectivity index is 1.59.